The number of sulfonamides is 1. The summed E-state index contributed by atoms with van der Waals surface area (Å²) in [6, 6.07) is 23.0. The Morgan fingerprint density at radius 2 is 1.57 bits per heavy atom. The van der Waals surface area contributed by atoms with Crippen LogP contribution in [-0.4, -0.2) is 61.2 Å². The van der Waals surface area contributed by atoms with E-state index in [0.29, 0.717) is 26.0 Å². The summed E-state index contributed by atoms with van der Waals surface area (Å²) in [7, 11) is -4.91. The predicted molar refractivity (Wildman–Crippen MR) is 170 cm³/mol. The molecule has 5 rings (SSSR count). The zero-order chi connectivity index (χ0) is 33.7. The number of amides is 2. The van der Waals surface area contributed by atoms with Gasteiger partial charge in [-0.3, -0.25) is 9.69 Å². The number of anilines is 1. The Kier molecular flexibility index (Phi) is 10.5. The smallest absolute Gasteiger partial charge is 0.415 e. The molecule has 0 bridgehead atoms. The van der Waals surface area contributed by atoms with Crippen molar-refractivity contribution in [3.8, 4) is 0 Å². The molecule has 9 nitrogen and oxygen atoms in total. The number of aliphatic hydroxyl groups excluding tert-OH is 1. The highest BCUT2D eigenvalue weighted by Gasteiger charge is 2.39. The van der Waals surface area contributed by atoms with Crippen LogP contribution in [0.5, 0.6) is 0 Å². The van der Waals surface area contributed by atoms with E-state index in [2.05, 4.69) is 17.9 Å². The molecule has 0 radical (unpaired) electrons. The number of cyclic esters (lactones) is 1. The molecule has 4 aromatic carbocycles. The van der Waals surface area contributed by atoms with Gasteiger partial charge in [-0.25, -0.2) is 26.4 Å². The van der Waals surface area contributed by atoms with Gasteiger partial charge < -0.3 is 15.2 Å². The SMILES string of the molecule is O=C(N[C@@H](Cc1ccccc1)[C@H](O)CN(Cc1ccccc1S)S(=O)(=O)c1cc(F)c(F)cc1F)[C@@H]1CN(c2ccccc2)C(=O)O1. The van der Waals surface area contributed by atoms with Crippen LogP contribution in [0.4, 0.5) is 23.7 Å². The molecule has 2 N–H and O–H groups in total. The first-order valence-electron chi connectivity index (χ1n) is 14.4. The predicted octanol–water partition coefficient (Wildman–Crippen LogP) is 4.70. The third-order valence-electron chi connectivity index (χ3n) is 7.58. The fourth-order valence-electron chi connectivity index (χ4n) is 5.10. The highest BCUT2D eigenvalue weighted by atomic mass is 32.2. The first-order valence-corrected chi connectivity index (χ1v) is 16.3. The lowest BCUT2D eigenvalue weighted by molar-refractivity contribution is -0.129. The zero-order valence-corrected chi connectivity index (χ0v) is 26.4. The Bertz CT molecular complexity index is 1850. The number of hydrogen-bond donors (Lipinski definition) is 3. The molecule has 14 heteroatoms. The molecular formula is C33H30F3N3O6S2. The molecule has 0 spiro atoms. The van der Waals surface area contributed by atoms with Crippen LogP contribution in [0, 0.1) is 17.5 Å². The van der Waals surface area contributed by atoms with Crippen LogP contribution in [-0.2, 0) is 32.5 Å². The summed E-state index contributed by atoms with van der Waals surface area (Å²) in [5.41, 5.74) is 1.56. The number of nitrogens with one attached hydrogen (secondary N) is 1. The van der Waals surface area contributed by atoms with E-state index in [0.717, 1.165) is 0 Å². The van der Waals surface area contributed by atoms with Gasteiger partial charge in [0.15, 0.2) is 17.7 Å². The number of rotatable bonds is 12. The fraction of sp³-hybridized carbons (Fsp3) is 0.212. The van der Waals surface area contributed by atoms with Crippen LogP contribution in [0.1, 0.15) is 11.1 Å². The molecule has 47 heavy (non-hydrogen) atoms. The summed E-state index contributed by atoms with van der Waals surface area (Å²) in [5.74, 6) is -5.41. The van der Waals surface area contributed by atoms with Crippen LogP contribution in [0.3, 0.4) is 0 Å². The number of aliphatic hydroxyl groups is 1. The molecule has 0 aromatic heterocycles. The first kappa shape index (κ1) is 34.0. The summed E-state index contributed by atoms with van der Waals surface area (Å²) in [5, 5.41) is 14.2. The maximum absolute atomic E-state index is 14.8. The van der Waals surface area contributed by atoms with E-state index in [1.54, 1.807) is 84.9 Å². The van der Waals surface area contributed by atoms with E-state index in [-0.39, 0.29) is 25.1 Å². The Morgan fingerprint density at radius 1 is 0.957 bits per heavy atom. The minimum Gasteiger partial charge on any atom is -0.434 e. The fourth-order valence-corrected chi connectivity index (χ4v) is 6.83. The van der Waals surface area contributed by atoms with Gasteiger partial charge in [0, 0.05) is 29.7 Å². The Hall–Kier alpha value is -4.37. The van der Waals surface area contributed by atoms with Crippen LogP contribution in [0.2, 0.25) is 0 Å². The summed E-state index contributed by atoms with van der Waals surface area (Å²) in [4.78, 5) is 26.5. The van der Waals surface area contributed by atoms with Crippen molar-refractivity contribution in [1.82, 2.24) is 9.62 Å². The summed E-state index contributed by atoms with van der Waals surface area (Å²) in [6.45, 7) is -1.26. The molecule has 2 amide bonds. The third kappa shape index (κ3) is 7.96. The number of nitrogens with zero attached hydrogens (tertiary/aromatic N) is 2. The largest absolute Gasteiger partial charge is 0.434 e. The van der Waals surface area contributed by atoms with E-state index >= 15 is 0 Å². The topological polar surface area (TPSA) is 116 Å². The second-order valence-corrected chi connectivity index (χ2v) is 13.2. The second kappa shape index (κ2) is 14.6. The van der Waals surface area contributed by atoms with Crippen molar-refractivity contribution in [3.05, 3.63) is 126 Å². The lowest BCUT2D eigenvalue weighted by Crippen LogP contribution is -2.53. The maximum atomic E-state index is 14.8. The summed E-state index contributed by atoms with van der Waals surface area (Å²) in [6.07, 6.45) is -3.60. The number of ether oxygens (including phenoxy) is 1. The van der Waals surface area contributed by atoms with Crippen LogP contribution in [0.25, 0.3) is 0 Å². The Balaban J connectivity index is 1.44. The molecule has 1 aliphatic rings. The van der Waals surface area contributed by atoms with Crippen molar-refractivity contribution < 1.29 is 41.0 Å². The van der Waals surface area contributed by atoms with Gasteiger partial charge in [0.2, 0.25) is 10.0 Å². The molecule has 4 aromatic rings. The van der Waals surface area contributed by atoms with Crippen LogP contribution >= 0.6 is 12.6 Å². The summed E-state index contributed by atoms with van der Waals surface area (Å²) >= 11 is 4.37. The number of benzene rings is 4. The number of carbonyl (C=O) groups is 2. The van der Waals surface area contributed by atoms with Gasteiger partial charge in [-0.1, -0.05) is 66.7 Å². The van der Waals surface area contributed by atoms with Gasteiger partial charge >= 0.3 is 6.09 Å². The Morgan fingerprint density at radius 3 is 2.26 bits per heavy atom. The van der Waals surface area contributed by atoms with Crippen molar-refractivity contribution in [2.75, 3.05) is 18.0 Å². The van der Waals surface area contributed by atoms with E-state index in [4.69, 9.17) is 4.74 Å². The molecule has 1 saturated heterocycles. The minimum atomic E-state index is -4.91. The van der Waals surface area contributed by atoms with Gasteiger partial charge in [-0.05, 0) is 41.8 Å². The second-order valence-electron chi connectivity index (χ2n) is 10.8. The molecular weight excluding hydrogens is 656 g/mol. The van der Waals surface area contributed by atoms with Gasteiger partial charge in [-0.15, -0.1) is 12.6 Å². The average molecular weight is 686 g/mol. The zero-order valence-electron chi connectivity index (χ0n) is 24.7. The molecule has 3 atom stereocenters. The van der Waals surface area contributed by atoms with Crippen molar-refractivity contribution in [1.29, 1.82) is 0 Å². The molecule has 246 valence electrons. The van der Waals surface area contributed by atoms with Gasteiger partial charge in [0.25, 0.3) is 5.91 Å². The molecule has 1 aliphatic heterocycles. The maximum Gasteiger partial charge on any atom is 0.415 e. The van der Waals surface area contributed by atoms with Gasteiger partial charge in [-0.2, -0.15) is 4.31 Å². The lowest BCUT2D eigenvalue weighted by atomic mass is 10.0. The van der Waals surface area contributed by atoms with E-state index < -0.39 is 75.7 Å². The van der Waals surface area contributed by atoms with Gasteiger partial charge in [0.05, 0.1) is 18.7 Å². The monoisotopic (exact) mass is 685 g/mol. The highest BCUT2D eigenvalue weighted by Crippen LogP contribution is 2.27. The quantitative estimate of drug-likeness (QED) is 0.147. The molecule has 1 fully saturated rings. The Labute approximate surface area is 275 Å². The van der Waals surface area contributed by atoms with E-state index in [1.807, 2.05) is 0 Å². The van der Waals surface area contributed by atoms with Crippen molar-refractivity contribution in [3.63, 3.8) is 0 Å². The average Bonchev–Trinajstić information content (AvgIpc) is 3.45. The van der Waals surface area contributed by atoms with Crippen molar-refractivity contribution >= 4 is 40.3 Å². The molecule has 0 unspecified atom stereocenters. The number of carbonyl (C=O) groups excluding carboxylic acids is 2. The van der Waals surface area contributed by atoms with E-state index in [1.165, 1.54) is 4.90 Å². The van der Waals surface area contributed by atoms with Crippen LogP contribution in [0.15, 0.2) is 107 Å². The number of halogens is 3. The van der Waals surface area contributed by atoms with Crippen molar-refractivity contribution in [2.45, 2.75) is 41.0 Å². The molecule has 0 aliphatic carbocycles. The normalized spacial score (nSPS) is 16.2. The van der Waals surface area contributed by atoms with Gasteiger partial charge in [0.1, 0.15) is 10.7 Å². The summed E-state index contributed by atoms with van der Waals surface area (Å²) < 4.78 is 76.3. The third-order valence-corrected chi connectivity index (χ3v) is 9.85. The number of para-hydroxylation sites is 1. The molecule has 1 heterocycles. The van der Waals surface area contributed by atoms with E-state index in [9.17, 15) is 36.3 Å². The first-order chi connectivity index (χ1) is 22.4. The highest BCUT2D eigenvalue weighted by molar-refractivity contribution is 7.89. The van der Waals surface area contributed by atoms with Crippen molar-refractivity contribution in [2.24, 2.45) is 0 Å². The molecule has 0 saturated carbocycles. The lowest BCUT2D eigenvalue weighted by Gasteiger charge is -2.30. The van der Waals surface area contributed by atoms with Crippen LogP contribution < -0.4 is 10.2 Å². The standard InChI is InChI=1S/C33H30F3N3O6S2/c34-24-16-26(36)31(17-25(24)35)47(43,44)38(18-22-11-7-8-14-30(22)46)19-28(40)27(15-21-9-3-1-4-10-21)37-32(41)29-20-39(33(42)45-29)23-12-5-2-6-13-23/h1-14,16-17,27-29,40,46H,15,18-20H2,(H,37,41)/t27-,28+,29-/m0/s1. The minimum absolute atomic E-state index is 0.0212. The number of hydrogen-bond acceptors (Lipinski definition) is 7. The number of thiol groups is 1.